The molecule has 0 bridgehead atoms. The quantitative estimate of drug-likeness (QED) is 0.810. The number of nitrogens with one attached hydrogen (secondary N) is 1. The van der Waals surface area contributed by atoms with Gasteiger partial charge in [0.2, 0.25) is 0 Å². The minimum absolute atomic E-state index is 0.124. The van der Waals surface area contributed by atoms with Gasteiger partial charge in [-0.15, -0.1) is 0 Å². The second kappa shape index (κ2) is 7.64. The molecule has 5 heteroatoms. The summed E-state index contributed by atoms with van der Waals surface area (Å²) in [5, 5.41) is 4.23. The third-order valence-electron chi connectivity index (χ3n) is 2.50. The Bertz CT molecular complexity index is 396. The van der Waals surface area contributed by atoms with Crippen molar-refractivity contribution in [3.05, 3.63) is 29.3 Å². The standard InChI is InChI=1S/C13H17BrClNO2/c1-3-11(8-14)16-13(17)9(2)18-12-6-4-5-10(15)7-12/h4-7,9,11H,3,8H2,1-2H3,(H,16,17). The summed E-state index contributed by atoms with van der Waals surface area (Å²) < 4.78 is 5.54. The van der Waals surface area contributed by atoms with Gasteiger partial charge in [0.05, 0.1) is 0 Å². The lowest BCUT2D eigenvalue weighted by Gasteiger charge is -2.19. The predicted octanol–water partition coefficient (Wildman–Crippen LogP) is 3.40. The molecule has 0 aliphatic rings. The number of amides is 1. The molecule has 2 atom stereocenters. The molecule has 1 N–H and O–H groups in total. The van der Waals surface area contributed by atoms with Gasteiger partial charge in [0.25, 0.3) is 5.91 Å². The molecule has 0 heterocycles. The second-order valence-electron chi connectivity index (χ2n) is 3.99. The Hall–Kier alpha value is -0.740. The Kier molecular flexibility index (Phi) is 6.50. The molecule has 1 aromatic carbocycles. The molecule has 0 fully saturated rings. The number of ether oxygens (including phenoxy) is 1. The number of alkyl halides is 1. The SMILES string of the molecule is CCC(CBr)NC(=O)C(C)Oc1cccc(Cl)c1. The molecule has 0 aliphatic heterocycles. The van der Waals surface area contributed by atoms with E-state index in [2.05, 4.69) is 21.2 Å². The summed E-state index contributed by atoms with van der Waals surface area (Å²) in [7, 11) is 0. The Balaban J connectivity index is 2.54. The van der Waals surface area contributed by atoms with Gasteiger partial charge < -0.3 is 10.1 Å². The van der Waals surface area contributed by atoms with Crippen molar-refractivity contribution in [3.63, 3.8) is 0 Å². The van der Waals surface area contributed by atoms with Crippen molar-refractivity contribution in [1.82, 2.24) is 5.32 Å². The first kappa shape index (κ1) is 15.3. The Morgan fingerprint density at radius 2 is 2.28 bits per heavy atom. The summed E-state index contributed by atoms with van der Waals surface area (Å²) in [5.74, 6) is 0.471. The molecule has 0 aromatic heterocycles. The highest BCUT2D eigenvalue weighted by atomic mass is 79.9. The van der Waals surface area contributed by atoms with Crippen LogP contribution in [0.15, 0.2) is 24.3 Å². The fraction of sp³-hybridized carbons (Fsp3) is 0.462. The fourth-order valence-corrected chi connectivity index (χ4v) is 2.17. The summed E-state index contributed by atoms with van der Waals surface area (Å²) in [6, 6.07) is 7.14. The monoisotopic (exact) mass is 333 g/mol. The maximum atomic E-state index is 11.9. The zero-order chi connectivity index (χ0) is 13.5. The zero-order valence-corrected chi connectivity index (χ0v) is 12.8. The molecular weight excluding hydrogens is 318 g/mol. The van der Waals surface area contributed by atoms with E-state index in [9.17, 15) is 4.79 Å². The van der Waals surface area contributed by atoms with Crippen LogP contribution in [0.5, 0.6) is 5.75 Å². The van der Waals surface area contributed by atoms with Gasteiger partial charge in [-0.25, -0.2) is 0 Å². The van der Waals surface area contributed by atoms with Crippen LogP contribution in [-0.2, 0) is 4.79 Å². The third-order valence-corrected chi connectivity index (χ3v) is 3.52. The third kappa shape index (κ3) is 4.86. The molecular formula is C13H17BrClNO2. The summed E-state index contributed by atoms with van der Waals surface area (Å²) in [4.78, 5) is 11.9. The van der Waals surface area contributed by atoms with Crippen molar-refractivity contribution >= 4 is 33.4 Å². The van der Waals surface area contributed by atoms with Crippen LogP contribution in [0.4, 0.5) is 0 Å². The Labute approximate surface area is 121 Å². The van der Waals surface area contributed by atoms with E-state index in [0.29, 0.717) is 10.8 Å². The highest BCUT2D eigenvalue weighted by Crippen LogP contribution is 2.18. The topological polar surface area (TPSA) is 38.3 Å². The molecule has 0 saturated heterocycles. The normalized spacial score (nSPS) is 13.8. The van der Waals surface area contributed by atoms with E-state index in [1.165, 1.54) is 0 Å². The molecule has 1 aromatic rings. The number of hydrogen-bond donors (Lipinski definition) is 1. The predicted molar refractivity (Wildman–Crippen MR) is 77.6 cm³/mol. The first-order valence-corrected chi connectivity index (χ1v) is 7.35. The number of carbonyl (C=O) groups excluding carboxylic acids is 1. The van der Waals surface area contributed by atoms with E-state index in [4.69, 9.17) is 16.3 Å². The number of rotatable bonds is 6. The minimum Gasteiger partial charge on any atom is -0.481 e. The van der Waals surface area contributed by atoms with Crippen LogP contribution in [0.1, 0.15) is 20.3 Å². The van der Waals surface area contributed by atoms with Gasteiger partial charge in [-0.3, -0.25) is 4.79 Å². The number of hydrogen-bond acceptors (Lipinski definition) is 2. The van der Waals surface area contributed by atoms with Crippen molar-refractivity contribution in [2.24, 2.45) is 0 Å². The fourth-order valence-electron chi connectivity index (χ4n) is 1.37. The lowest BCUT2D eigenvalue weighted by molar-refractivity contribution is -0.127. The lowest BCUT2D eigenvalue weighted by Crippen LogP contribution is -2.43. The van der Waals surface area contributed by atoms with Crippen molar-refractivity contribution < 1.29 is 9.53 Å². The van der Waals surface area contributed by atoms with Gasteiger partial charge in [-0.1, -0.05) is 40.5 Å². The van der Waals surface area contributed by atoms with Gasteiger partial charge >= 0.3 is 0 Å². The van der Waals surface area contributed by atoms with Crippen LogP contribution in [0.3, 0.4) is 0 Å². The first-order valence-electron chi connectivity index (χ1n) is 5.85. The smallest absolute Gasteiger partial charge is 0.261 e. The van der Waals surface area contributed by atoms with E-state index in [0.717, 1.165) is 11.8 Å². The minimum atomic E-state index is -0.545. The maximum absolute atomic E-state index is 11.9. The first-order chi connectivity index (χ1) is 8.56. The van der Waals surface area contributed by atoms with Crippen LogP contribution >= 0.6 is 27.5 Å². The van der Waals surface area contributed by atoms with Crippen LogP contribution in [0.2, 0.25) is 5.02 Å². The van der Waals surface area contributed by atoms with Crippen LogP contribution < -0.4 is 10.1 Å². The van der Waals surface area contributed by atoms with Crippen LogP contribution in [0.25, 0.3) is 0 Å². The number of halogens is 2. The highest BCUT2D eigenvalue weighted by molar-refractivity contribution is 9.09. The lowest BCUT2D eigenvalue weighted by atomic mass is 10.2. The zero-order valence-electron chi connectivity index (χ0n) is 10.5. The molecule has 3 nitrogen and oxygen atoms in total. The van der Waals surface area contributed by atoms with Gasteiger partial charge in [-0.2, -0.15) is 0 Å². The van der Waals surface area contributed by atoms with E-state index in [1.54, 1.807) is 31.2 Å². The van der Waals surface area contributed by atoms with Gasteiger partial charge in [0.1, 0.15) is 5.75 Å². The van der Waals surface area contributed by atoms with Crippen LogP contribution in [-0.4, -0.2) is 23.4 Å². The molecule has 0 saturated carbocycles. The molecule has 18 heavy (non-hydrogen) atoms. The Morgan fingerprint density at radius 3 is 2.83 bits per heavy atom. The molecule has 0 spiro atoms. The van der Waals surface area contributed by atoms with E-state index >= 15 is 0 Å². The summed E-state index contributed by atoms with van der Waals surface area (Å²) >= 11 is 9.21. The average molecular weight is 335 g/mol. The van der Waals surface area contributed by atoms with E-state index < -0.39 is 6.10 Å². The van der Waals surface area contributed by atoms with Gasteiger partial charge in [0, 0.05) is 16.4 Å². The number of carbonyl (C=O) groups is 1. The summed E-state index contributed by atoms with van der Waals surface area (Å²) in [6.45, 7) is 3.74. The number of benzene rings is 1. The van der Waals surface area contributed by atoms with Crippen LogP contribution in [0, 0.1) is 0 Å². The van der Waals surface area contributed by atoms with Crippen molar-refractivity contribution in [3.8, 4) is 5.75 Å². The molecule has 100 valence electrons. The largest absolute Gasteiger partial charge is 0.481 e. The van der Waals surface area contributed by atoms with Crippen molar-refractivity contribution in [1.29, 1.82) is 0 Å². The van der Waals surface area contributed by atoms with Gasteiger partial charge in [0.15, 0.2) is 6.10 Å². The summed E-state index contributed by atoms with van der Waals surface area (Å²) in [5.41, 5.74) is 0. The maximum Gasteiger partial charge on any atom is 0.261 e. The molecule has 1 amide bonds. The van der Waals surface area contributed by atoms with Crippen molar-refractivity contribution in [2.75, 3.05) is 5.33 Å². The van der Waals surface area contributed by atoms with Crippen molar-refractivity contribution in [2.45, 2.75) is 32.4 Å². The van der Waals surface area contributed by atoms with E-state index in [-0.39, 0.29) is 11.9 Å². The van der Waals surface area contributed by atoms with E-state index in [1.807, 2.05) is 6.92 Å². The molecule has 2 unspecified atom stereocenters. The molecule has 0 aliphatic carbocycles. The van der Waals surface area contributed by atoms with Gasteiger partial charge in [-0.05, 0) is 31.5 Å². The second-order valence-corrected chi connectivity index (χ2v) is 5.07. The summed E-state index contributed by atoms with van der Waals surface area (Å²) in [6.07, 6.45) is 0.331. The molecule has 0 radical (unpaired) electrons. The highest BCUT2D eigenvalue weighted by Gasteiger charge is 2.17. The average Bonchev–Trinajstić information content (AvgIpc) is 2.35. The Morgan fingerprint density at radius 1 is 1.56 bits per heavy atom. The molecule has 1 rings (SSSR count).